The molecule has 1 aromatic heterocycles. The molecule has 0 saturated heterocycles. The number of halogens is 6. The first kappa shape index (κ1) is 28.9. The zero-order valence-corrected chi connectivity index (χ0v) is 20.3. The van der Waals surface area contributed by atoms with Gasteiger partial charge in [-0.05, 0) is 62.0 Å². The van der Waals surface area contributed by atoms with Gasteiger partial charge in [-0.15, -0.1) is 0 Å². The first-order chi connectivity index (χ1) is 16.1. The van der Waals surface area contributed by atoms with Gasteiger partial charge in [0.25, 0.3) is 0 Å². The Kier molecular flexibility index (Phi) is 9.97. The van der Waals surface area contributed by atoms with Crippen LogP contribution in [0.2, 0.25) is 0 Å². The number of hydrogen-bond donors (Lipinski definition) is 2. The van der Waals surface area contributed by atoms with Crippen LogP contribution in [-0.2, 0) is 12.4 Å². The van der Waals surface area contributed by atoms with Crippen LogP contribution in [0.15, 0.2) is 36.4 Å². The molecule has 0 fully saturated rings. The van der Waals surface area contributed by atoms with E-state index in [1.807, 2.05) is 0 Å². The van der Waals surface area contributed by atoms with Crippen LogP contribution in [0.25, 0.3) is 11.3 Å². The molecule has 2 N–H and O–H groups in total. The number of nitrogens with zero attached hydrogens (tertiary/aromatic N) is 2. The molecule has 2 rings (SSSR count). The second kappa shape index (κ2) is 12.1. The fourth-order valence-electron chi connectivity index (χ4n) is 3.40. The molecule has 0 aliphatic rings. The third kappa shape index (κ3) is 9.68. The molecule has 35 heavy (non-hydrogen) atoms. The van der Waals surface area contributed by atoms with Gasteiger partial charge in [-0.25, -0.2) is 4.98 Å². The van der Waals surface area contributed by atoms with Crippen LogP contribution in [0.5, 0.6) is 0 Å². The van der Waals surface area contributed by atoms with Crippen molar-refractivity contribution < 1.29 is 31.4 Å². The normalized spacial score (nSPS) is 13.7. The average Bonchev–Trinajstić information content (AvgIpc) is 2.74. The fourth-order valence-corrected chi connectivity index (χ4v) is 3.40. The van der Waals surface area contributed by atoms with Crippen LogP contribution in [0.3, 0.4) is 0 Å². The van der Waals surface area contributed by atoms with Gasteiger partial charge in [-0.2, -0.15) is 26.3 Å². The molecule has 1 aromatic carbocycles. The molecule has 2 aromatic rings. The molecule has 0 aliphatic carbocycles. The Labute approximate surface area is 202 Å². The monoisotopic (exact) mass is 505 g/mol. The maximum absolute atomic E-state index is 13.5. The number of anilines is 1. The summed E-state index contributed by atoms with van der Waals surface area (Å²) in [7, 11) is 0. The van der Waals surface area contributed by atoms with E-state index >= 15 is 0 Å². The van der Waals surface area contributed by atoms with Gasteiger partial charge in [0.2, 0.25) is 0 Å². The molecule has 1 heterocycles. The van der Waals surface area contributed by atoms with Gasteiger partial charge in [-0.1, -0.05) is 39.8 Å². The largest absolute Gasteiger partial charge is 0.433 e. The number of aliphatic hydroxyl groups is 1. The van der Waals surface area contributed by atoms with Crippen molar-refractivity contribution in [3.63, 3.8) is 0 Å². The molecule has 196 valence electrons. The molecule has 0 aliphatic heterocycles. The first-order valence-electron chi connectivity index (χ1n) is 11.6. The molecule has 4 nitrogen and oxygen atoms in total. The van der Waals surface area contributed by atoms with Crippen molar-refractivity contribution >= 4 is 5.69 Å². The summed E-state index contributed by atoms with van der Waals surface area (Å²) in [5.74, 6) is 0.921. The van der Waals surface area contributed by atoms with Crippen LogP contribution in [-0.4, -0.2) is 40.9 Å². The molecular weight excluding hydrogens is 472 g/mol. The van der Waals surface area contributed by atoms with Gasteiger partial charge in [0.15, 0.2) is 0 Å². The zero-order valence-electron chi connectivity index (χ0n) is 20.3. The highest BCUT2D eigenvalue weighted by Gasteiger charge is 2.34. The summed E-state index contributed by atoms with van der Waals surface area (Å²) in [6.07, 6.45) is -8.66. The van der Waals surface area contributed by atoms with E-state index in [9.17, 15) is 31.4 Å². The molecule has 0 spiro atoms. The van der Waals surface area contributed by atoms with E-state index in [4.69, 9.17) is 0 Å². The standard InChI is InChI=1S/C25H33F6N3O/c1-16(2)9-11-34(12-10-17(3)4)15-23(35)32-20-13-21(33-22(14-20)25(29,30)31)18-5-7-19(8-6-18)24(26,27)28/h5-8,13-14,16-17,23,35H,9-12,15H2,1-4H3,(H,32,33). The minimum absolute atomic E-state index is 0.0256. The predicted octanol–water partition coefficient (Wildman–Crippen LogP) is 6.91. The second-order valence-corrected chi connectivity index (χ2v) is 9.52. The summed E-state index contributed by atoms with van der Waals surface area (Å²) in [6, 6.07) is 5.80. The van der Waals surface area contributed by atoms with E-state index in [2.05, 4.69) is 42.9 Å². The fraction of sp³-hybridized carbons (Fsp3) is 0.560. The molecule has 0 saturated carbocycles. The highest BCUT2D eigenvalue weighted by molar-refractivity contribution is 5.65. The quantitative estimate of drug-likeness (QED) is 0.257. The molecule has 0 bridgehead atoms. The minimum atomic E-state index is -4.77. The van der Waals surface area contributed by atoms with Crippen LogP contribution in [0, 0.1) is 11.8 Å². The van der Waals surface area contributed by atoms with Crippen molar-refractivity contribution in [2.45, 2.75) is 59.1 Å². The Morgan fingerprint density at radius 1 is 0.857 bits per heavy atom. The van der Waals surface area contributed by atoms with Crippen molar-refractivity contribution in [1.82, 2.24) is 9.88 Å². The number of pyridine rings is 1. The second-order valence-electron chi connectivity index (χ2n) is 9.52. The Morgan fingerprint density at radius 3 is 1.86 bits per heavy atom. The van der Waals surface area contributed by atoms with Crippen LogP contribution in [0.1, 0.15) is 51.8 Å². The third-order valence-electron chi connectivity index (χ3n) is 5.43. The number of hydrogen-bond acceptors (Lipinski definition) is 4. The number of alkyl halides is 6. The van der Waals surface area contributed by atoms with Gasteiger partial charge >= 0.3 is 12.4 Å². The number of rotatable bonds is 11. The Balaban J connectivity index is 2.26. The number of aromatic nitrogens is 1. The highest BCUT2D eigenvalue weighted by atomic mass is 19.4. The first-order valence-corrected chi connectivity index (χ1v) is 11.6. The van der Waals surface area contributed by atoms with E-state index < -0.39 is 29.8 Å². The van der Waals surface area contributed by atoms with Gasteiger partial charge in [-0.3, -0.25) is 4.90 Å². The number of nitrogens with one attached hydrogen (secondary N) is 1. The van der Waals surface area contributed by atoms with Crippen LogP contribution in [0.4, 0.5) is 32.0 Å². The molecule has 1 unspecified atom stereocenters. The molecule has 0 radical (unpaired) electrons. The van der Waals surface area contributed by atoms with Crippen LogP contribution < -0.4 is 5.32 Å². The lowest BCUT2D eigenvalue weighted by Gasteiger charge is -2.27. The predicted molar refractivity (Wildman–Crippen MR) is 125 cm³/mol. The van der Waals surface area contributed by atoms with E-state index in [1.165, 1.54) is 6.07 Å². The smallest absolute Gasteiger partial charge is 0.372 e. The van der Waals surface area contributed by atoms with Gasteiger partial charge < -0.3 is 10.4 Å². The summed E-state index contributed by atoms with van der Waals surface area (Å²) in [4.78, 5) is 5.66. The average molecular weight is 506 g/mol. The topological polar surface area (TPSA) is 48.4 Å². The number of aliphatic hydroxyl groups excluding tert-OH is 1. The summed E-state index contributed by atoms with van der Waals surface area (Å²) in [6.45, 7) is 10.1. The van der Waals surface area contributed by atoms with E-state index in [-0.39, 0.29) is 23.5 Å². The van der Waals surface area contributed by atoms with Gasteiger partial charge in [0, 0.05) is 17.8 Å². The van der Waals surface area contributed by atoms with E-state index in [1.54, 1.807) is 0 Å². The maximum atomic E-state index is 13.5. The van der Waals surface area contributed by atoms with E-state index in [0.717, 1.165) is 56.3 Å². The molecule has 10 heteroatoms. The van der Waals surface area contributed by atoms with Crippen molar-refractivity contribution in [2.75, 3.05) is 25.0 Å². The van der Waals surface area contributed by atoms with Crippen molar-refractivity contribution in [1.29, 1.82) is 0 Å². The van der Waals surface area contributed by atoms with Gasteiger partial charge in [0.05, 0.1) is 11.3 Å². The lowest BCUT2D eigenvalue weighted by Crippen LogP contribution is -2.38. The minimum Gasteiger partial charge on any atom is -0.372 e. The molecule has 1 atom stereocenters. The summed E-state index contributed by atoms with van der Waals surface area (Å²) < 4.78 is 79.0. The van der Waals surface area contributed by atoms with Crippen LogP contribution >= 0.6 is 0 Å². The third-order valence-corrected chi connectivity index (χ3v) is 5.43. The SMILES string of the molecule is CC(C)CCN(CCC(C)C)CC(O)Nc1cc(-c2ccc(C(F)(F)F)cc2)nc(C(F)(F)F)c1. The zero-order chi connectivity index (χ0) is 26.4. The Morgan fingerprint density at radius 2 is 1.40 bits per heavy atom. The highest BCUT2D eigenvalue weighted by Crippen LogP contribution is 2.34. The number of benzene rings is 1. The van der Waals surface area contributed by atoms with Gasteiger partial charge in [0.1, 0.15) is 11.9 Å². The summed E-state index contributed by atoms with van der Waals surface area (Å²) in [5.41, 5.74) is -2.20. The summed E-state index contributed by atoms with van der Waals surface area (Å²) in [5, 5.41) is 13.3. The molecular formula is C25H33F6N3O. The van der Waals surface area contributed by atoms with Crippen molar-refractivity contribution in [3.05, 3.63) is 47.7 Å². The summed E-state index contributed by atoms with van der Waals surface area (Å²) >= 11 is 0. The Bertz CT molecular complexity index is 914. The molecule has 0 amide bonds. The van der Waals surface area contributed by atoms with E-state index in [0.29, 0.717) is 11.8 Å². The van der Waals surface area contributed by atoms with Crippen molar-refractivity contribution in [3.8, 4) is 11.3 Å². The lowest BCUT2D eigenvalue weighted by molar-refractivity contribution is -0.141. The van der Waals surface area contributed by atoms with Crippen molar-refractivity contribution in [2.24, 2.45) is 11.8 Å². The Hall–Kier alpha value is -2.33. The lowest BCUT2D eigenvalue weighted by atomic mass is 10.1. The maximum Gasteiger partial charge on any atom is 0.433 e.